The lowest BCUT2D eigenvalue weighted by Gasteiger charge is -2.31. The zero-order valence-corrected chi connectivity index (χ0v) is 18.9. The van der Waals surface area contributed by atoms with E-state index in [2.05, 4.69) is 15.0 Å². The second-order valence-electron chi connectivity index (χ2n) is 7.81. The molecular formula is C21H27N3O6S. The lowest BCUT2D eigenvalue weighted by Crippen LogP contribution is -2.41. The van der Waals surface area contributed by atoms with Crippen molar-refractivity contribution in [1.82, 2.24) is 9.46 Å². The summed E-state index contributed by atoms with van der Waals surface area (Å²) in [6.45, 7) is 7.46. The molecule has 0 radical (unpaired) electrons. The van der Waals surface area contributed by atoms with E-state index >= 15 is 0 Å². The number of hydrogen-bond acceptors (Lipinski definition) is 7. The second kappa shape index (κ2) is 9.19. The summed E-state index contributed by atoms with van der Waals surface area (Å²) < 4.78 is 37.8. The number of rotatable bonds is 6. The van der Waals surface area contributed by atoms with Gasteiger partial charge in [-0.2, -0.15) is 4.31 Å². The van der Waals surface area contributed by atoms with Crippen LogP contribution < -0.4 is 5.32 Å². The van der Waals surface area contributed by atoms with Gasteiger partial charge >= 0.3 is 5.97 Å². The minimum absolute atomic E-state index is 0.221. The van der Waals surface area contributed by atoms with Crippen molar-refractivity contribution >= 4 is 27.7 Å². The Bertz CT molecular complexity index is 1040. The first kappa shape index (κ1) is 23.0. The van der Waals surface area contributed by atoms with Crippen molar-refractivity contribution in [2.45, 2.75) is 45.4 Å². The molecule has 0 spiro atoms. The van der Waals surface area contributed by atoms with E-state index in [1.807, 2.05) is 33.8 Å². The number of amides is 1. The Hall–Kier alpha value is -2.72. The van der Waals surface area contributed by atoms with Crippen LogP contribution in [0.1, 0.15) is 35.1 Å². The van der Waals surface area contributed by atoms with Crippen LogP contribution in [0.25, 0.3) is 0 Å². The smallest absolute Gasteiger partial charge is 0.309 e. The van der Waals surface area contributed by atoms with Gasteiger partial charge in [0.1, 0.15) is 6.26 Å². The van der Waals surface area contributed by atoms with E-state index in [1.54, 1.807) is 0 Å². The van der Waals surface area contributed by atoms with Gasteiger partial charge in [0.2, 0.25) is 10.0 Å². The Morgan fingerprint density at radius 1 is 1.16 bits per heavy atom. The number of esters is 1. The highest BCUT2D eigenvalue weighted by molar-refractivity contribution is 7.89. The fourth-order valence-corrected chi connectivity index (χ4v) is 5.78. The maximum absolute atomic E-state index is 13.3. The normalized spacial score (nSPS) is 15.6. The quantitative estimate of drug-likeness (QED) is 0.673. The Kier molecular flexibility index (Phi) is 6.80. The zero-order valence-electron chi connectivity index (χ0n) is 18.1. The molecular weight excluding hydrogens is 422 g/mol. The molecule has 9 nitrogen and oxygen atoms in total. The van der Waals surface area contributed by atoms with Gasteiger partial charge in [-0.15, -0.1) is 0 Å². The van der Waals surface area contributed by atoms with Gasteiger partial charge in [-0.3, -0.25) is 9.59 Å². The molecule has 0 unspecified atom stereocenters. The average Bonchev–Trinajstić information content (AvgIpc) is 3.23. The molecule has 1 amide bonds. The highest BCUT2D eigenvalue weighted by Gasteiger charge is 2.35. The molecule has 2 heterocycles. The van der Waals surface area contributed by atoms with Gasteiger partial charge in [-0.05, 0) is 62.8 Å². The zero-order chi connectivity index (χ0) is 22.8. The molecule has 0 saturated carbocycles. The number of ether oxygens (including phenoxy) is 1. The van der Waals surface area contributed by atoms with Crippen molar-refractivity contribution in [2.75, 3.05) is 25.0 Å². The summed E-state index contributed by atoms with van der Waals surface area (Å²) in [5, 5.41) is 5.98. The van der Waals surface area contributed by atoms with Crippen LogP contribution in [-0.4, -0.2) is 49.5 Å². The van der Waals surface area contributed by atoms with Gasteiger partial charge < -0.3 is 14.6 Å². The molecule has 2 aromatic rings. The van der Waals surface area contributed by atoms with E-state index in [9.17, 15) is 18.0 Å². The average molecular weight is 450 g/mol. The molecule has 1 aliphatic heterocycles. The van der Waals surface area contributed by atoms with Gasteiger partial charge in [0.05, 0.1) is 10.8 Å². The third kappa shape index (κ3) is 4.96. The fourth-order valence-electron chi connectivity index (χ4n) is 3.74. The van der Waals surface area contributed by atoms with E-state index in [1.165, 1.54) is 16.6 Å². The monoisotopic (exact) mass is 449 g/mol. The number of anilines is 1. The molecule has 0 aliphatic carbocycles. The predicted octanol–water partition coefficient (Wildman–Crippen LogP) is 2.49. The molecule has 1 aliphatic rings. The summed E-state index contributed by atoms with van der Waals surface area (Å²) in [6, 6.07) is 3.46. The van der Waals surface area contributed by atoms with Crippen molar-refractivity contribution in [3.63, 3.8) is 0 Å². The molecule has 10 heteroatoms. The SMILES string of the molecule is Cc1cc(C)c(C)c(S(=O)(=O)N2CCC(C(=O)OCC(=O)Nc3ccon3)CC2)c1C. The van der Waals surface area contributed by atoms with Crippen molar-refractivity contribution < 1.29 is 27.3 Å². The lowest BCUT2D eigenvalue weighted by molar-refractivity contribution is -0.152. The first-order chi connectivity index (χ1) is 14.6. The fraction of sp³-hybridized carbons (Fsp3) is 0.476. The summed E-state index contributed by atoms with van der Waals surface area (Å²) in [7, 11) is -3.67. The first-order valence-electron chi connectivity index (χ1n) is 10.1. The number of carbonyl (C=O) groups excluding carboxylic acids is 2. The number of hydrogen-bond donors (Lipinski definition) is 1. The van der Waals surface area contributed by atoms with Crippen LogP contribution in [0.2, 0.25) is 0 Å². The largest absolute Gasteiger partial charge is 0.455 e. The second-order valence-corrected chi connectivity index (χ2v) is 9.68. The van der Waals surface area contributed by atoms with E-state index < -0.39 is 34.4 Å². The topological polar surface area (TPSA) is 119 Å². The van der Waals surface area contributed by atoms with Gasteiger partial charge in [-0.1, -0.05) is 11.2 Å². The summed E-state index contributed by atoms with van der Waals surface area (Å²) in [5.41, 5.74) is 3.37. The van der Waals surface area contributed by atoms with Crippen LogP contribution >= 0.6 is 0 Å². The summed E-state index contributed by atoms with van der Waals surface area (Å²) in [5.74, 6) is -1.25. The number of benzene rings is 1. The van der Waals surface area contributed by atoms with Gasteiger partial charge in [0.25, 0.3) is 5.91 Å². The Morgan fingerprint density at radius 3 is 2.32 bits per heavy atom. The van der Waals surface area contributed by atoms with Crippen LogP contribution in [0.3, 0.4) is 0 Å². The molecule has 3 rings (SSSR count). The summed E-state index contributed by atoms with van der Waals surface area (Å²) in [6.07, 6.45) is 1.99. The Balaban J connectivity index is 1.59. The van der Waals surface area contributed by atoms with E-state index in [-0.39, 0.29) is 18.9 Å². The number of nitrogens with zero attached hydrogens (tertiary/aromatic N) is 2. The number of carbonyl (C=O) groups is 2. The van der Waals surface area contributed by atoms with Crippen LogP contribution in [0.15, 0.2) is 27.8 Å². The first-order valence-corrected chi connectivity index (χ1v) is 11.5. The number of nitrogens with one attached hydrogen (secondary N) is 1. The predicted molar refractivity (Wildman–Crippen MR) is 113 cm³/mol. The van der Waals surface area contributed by atoms with Gasteiger partial charge in [0, 0.05) is 19.2 Å². The molecule has 168 valence electrons. The summed E-state index contributed by atoms with van der Waals surface area (Å²) in [4.78, 5) is 24.5. The summed E-state index contributed by atoms with van der Waals surface area (Å²) >= 11 is 0. The third-order valence-electron chi connectivity index (χ3n) is 5.73. The van der Waals surface area contributed by atoms with Crippen molar-refractivity contribution in [1.29, 1.82) is 0 Å². The molecule has 1 fully saturated rings. The maximum atomic E-state index is 13.3. The van der Waals surface area contributed by atoms with E-state index in [0.717, 1.165) is 22.3 Å². The highest BCUT2D eigenvalue weighted by Crippen LogP contribution is 2.31. The lowest BCUT2D eigenvalue weighted by atomic mass is 9.98. The molecule has 0 atom stereocenters. The number of sulfonamides is 1. The maximum Gasteiger partial charge on any atom is 0.309 e. The molecule has 1 aromatic carbocycles. The molecule has 31 heavy (non-hydrogen) atoms. The molecule has 1 N–H and O–H groups in total. The van der Waals surface area contributed by atoms with Crippen LogP contribution in [0, 0.1) is 33.6 Å². The van der Waals surface area contributed by atoms with E-state index in [0.29, 0.717) is 17.7 Å². The number of aryl methyl sites for hydroxylation is 2. The standard InChI is InChI=1S/C21H27N3O6S/c1-13-11-14(2)16(4)20(15(13)3)31(27,28)24-8-5-17(6-9-24)21(26)29-12-19(25)22-18-7-10-30-23-18/h7,10-11,17H,5-6,8-9,12H2,1-4H3,(H,22,23,25). The van der Waals surface area contributed by atoms with Crippen LogP contribution in [0.5, 0.6) is 0 Å². The van der Waals surface area contributed by atoms with Crippen molar-refractivity contribution in [3.05, 3.63) is 40.6 Å². The van der Waals surface area contributed by atoms with Crippen molar-refractivity contribution in [3.8, 4) is 0 Å². The highest BCUT2D eigenvalue weighted by atomic mass is 32.2. The van der Waals surface area contributed by atoms with Crippen LogP contribution in [-0.2, 0) is 24.3 Å². The number of piperidine rings is 1. The van der Waals surface area contributed by atoms with Crippen molar-refractivity contribution in [2.24, 2.45) is 5.92 Å². The number of aromatic nitrogens is 1. The van der Waals surface area contributed by atoms with E-state index in [4.69, 9.17) is 4.74 Å². The molecule has 1 aromatic heterocycles. The minimum Gasteiger partial charge on any atom is -0.455 e. The molecule has 1 saturated heterocycles. The van der Waals surface area contributed by atoms with Crippen LogP contribution in [0.4, 0.5) is 5.82 Å². The van der Waals surface area contributed by atoms with Gasteiger partial charge in [-0.25, -0.2) is 8.42 Å². The van der Waals surface area contributed by atoms with Gasteiger partial charge in [0.15, 0.2) is 12.4 Å². The third-order valence-corrected chi connectivity index (χ3v) is 7.91. The Morgan fingerprint density at radius 2 is 1.77 bits per heavy atom. The Labute approximate surface area is 181 Å². The molecule has 0 bridgehead atoms. The minimum atomic E-state index is -3.67.